The predicted molar refractivity (Wildman–Crippen MR) is 117 cm³/mol. The summed E-state index contributed by atoms with van der Waals surface area (Å²) in [5.41, 5.74) is 3.96. The van der Waals surface area contributed by atoms with Gasteiger partial charge in [0.2, 0.25) is 5.89 Å². The second-order valence-electron chi connectivity index (χ2n) is 6.37. The molecule has 0 radical (unpaired) electrons. The molecule has 0 fully saturated rings. The lowest BCUT2D eigenvalue weighted by Crippen LogP contribution is -2.24. The lowest BCUT2D eigenvalue weighted by atomic mass is 10.2. The van der Waals surface area contributed by atoms with Gasteiger partial charge in [-0.1, -0.05) is 30.4 Å². The summed E-state index contributed by atoms with van der Waals surface area (Å²) in [6, 6.07) is 17.6. The van der Waals surface area contributed by atoms with E-state index in [1.807, 2.05) is 0 Å². The van der Waals surface area contributed by atoms with E-state index < -0.39 is 10.8 Å². The van der Waals surface area contributed by atoms with E-state index in [0.717, 1.165) is 4.68 Å². The molecule has 0 saturated heterocycles. The zero-order valence-corrected chi connectivity index (χ0v) is 17.1. The lowest BCUT2D eigenvalue weighted by molar-refractivity contribution is -0.384. The molecule has 2 aromatic heterocycles. The number of nitrogens with zero attached hydrogens (tertiary/aromatic N) is 5. The average molecular weight is 446 g/mol. The molecule has 0 atom stereocenters. The van der Waals surface area contributed by atoms with Crippen molar-refractivity contribution in [2.45, 2.75) is 0 Å². The molecule has 0 aliphatic carbocycles. The molecule has 0 unspecified atom stereocenters. The summed E-state index contributed by atoms with van der Waals surface area (Å²) in [4.78, 5) is 27.4. The number of hydrogen-bond acceptors (Lipinski definition) is 9. The quantitative estimate of drug-likeness (QED) is 0.278. The Morgan fingerprint density at radius 2 is 1.84 bits per heavy atom. The molecular formula is C21H14N6O4S. The number of nitrogens with one attached hydrogen (secondary N) is 1. The first kappa shape index (κ1) is 20.8. The Balaban J connectivity index is 1.80. The van der Waals surface area contributed by atoms with Crippen molar-refractivity contribution < 1.29 is 14.1 Å². The number of pyridine rings is 1. The van der Waals surface area contributed by atoms with Gasteiger partial charge in [-0.05, 0) is 36.4 Å². The van der Waals surface area contributed by atoms with Crippen LogP contribution in [0.1, 0.15) is 10.4 Å². The number of carbonyl (C=O) groups excluding carboxylic acids is 1. The first-order valence-corrected chi connectivity index (χ1v) is 9.62. The van der Waals surface area contributed by atoms with Crippen LogP contribution in [0.3, 0.4) is 0 Å². The number of non-ortho nitro benzene ring substituents is 1. The SMILES string of the molecule is O=C(c1ccccc1)n1nc(-c2cccnc2)o/c(=N/Nc2ccc([N+](=O)[O-])cc2)c1=S. The van der Waals surface area contributed by atoms with E-state index in [1.165, 1.54) is 30.5 Å². The molecule has 4 aromatic rings. The van der Waals surface area contributed by atoms with Gasteiger partial charge in [0.05, 0.1) is 16.2 Å². The van der Waals surface area contributed by atoms with Gasteiger partial charge in [-0.15, -0.1) is 10.2 Å². The van der Waals surface area contributed by atoms with Crippen LogP contribution in [0.4, 0.5) is 11.4 Å². The van der Waals surface area contributed by atoms with Crippen LogP contribution in [0.15, 0.2) is 88.6 Å². The topological polar surface area (TPSA) is 128 Å². The van der Waals surface area contributed by atoms with Crippen LogP contribution in [-0.2, 0) is 0 Å². The number of nitro groups is 1. The van der Waals surface area contributed by atoms with E-state index >= 15 is 0 Å². The van der Waals surface area contributed by atoms with Crippen molar-refractivity contribution >= 4 is 29.5 Å². The summed E-state index contributed by atoms with van der Waals surface area (Å²) < 4.78 is 6.72. The molecule has 1 N–H and O–H groups in total. The van der Waals surface area contributed by atoms with Crippen molar-refractivity contribution in [3.05, 3.63) is 105 Å². The molecule has 32 heavy (non-hydrogen) atoms. The molecule has 158 valence electrons. The minimum atomic E-state index is -0.501. The molecule has 4 rings (SSSR count). The number of nitro benzene ring substituents is 1. The number of benzene rings is 2. The second kappa shape index (κ2) is 9.10. The number of hydrogen-bond donors (Lipinski definition) is 1. The van der Waals surface area contributed by atoms with Gasteiger partial charge in [0, 0.05) is 30.1 Å². The monoisotopic (exact) mass is 446 g/mol. The van der Waals surface area contributed by atoms with E-state index in [1.54, 1.807) is 48.7 Å². The summed E-state index contributed by atoms with van der Waals surface area (Å²) in [7, 11) is 0. The average Bonchev–Trinajstić information content (AvgIpc) is 2.84. The molecule has 0 bridgehead atoms. The first-order chi connectivity index (χ1) is 15.5. The summed E-state index contributed by atoms with van der Waals surface area (Å²) in [6.07, 6.45) is 3.12. The van der Waals surface area contributed by atoms with Gasteiger partial charge < -0.3 is 4.42 Å². The first-order valence-electron chi connectivity index (χ1n) is 9.22. The maximum atomic E-state index is 13.0. The third-order valence-corrected chi connectivity index (χ3v) is 4.59. The van der Waals surface area contributed by atoms with Crippen molar-refractivity contribution in [3.8, 4) is 11.5 Å². The molecule has 0 spiro atoms. The molecule has 0 saturated carbocycles. The Hall–Kier alpha value is -4.51. The van der Waals surface area contributed by atoms with Crippen LogP contribution < -0.4 is 11.0 Å². The number of aromatic nitrogens is 3. The molecule has 2 aromatic carbocycles. The van der Waals surface area contributed by atoms with Crippen molar-refractivity contribution in [1.82, 2.24) is 14.8 Å². The minimum Gasteiger partial charge on any atom is -0.414 e. The predicted octanol–water partition coefficient (Wildman–Crippen LogP) is 3.79. The highest BCUT2D eigenvalue weighted by Gasteiger charge is 2.15. The fourth-order valence-electron chi connectivity index (χ4n) is 2.67. The summed E-state index contributed by atoms with van der Waals surface area (Å²) >= 11 is 5.40. The third kappa shape index (κ3) is 4.47. The molecule has 0 aliphatic heterocycles. The molecular weight excluding hydrogens is 432 g/mol. The Bertz CT molecular complexity index is 1400. The normalized spacial score (nSPS) is 11.2. The molecule has 11 heteroatoms. The number of anilines is 1. The van der Waals surface area contributed by atoms with Gasteiger partial charge in [-0.25, -0.2) is 0 Å². The van der Waals surface area contributed by atoms with Crippen LogP contribution in [0.25, 0.3) is 11.5 Å². The number of carbonyl (C=O) groups is 1. The Morgan fingerprint density at radius 1 is 1.09 bits per heavy atom. The van der Waals surface area contributed by atoms with Crippen LogP contribution in [0, 0.1) is 14.8 Å². The minimum absolute atomic E-state index is 0.0547. The second-order valence-corrected chi connectivity index (χ2v) is 6.76. The van der Waals surface area contributed by atoms with Crippen molar-refractivity contribution in [1.29, 1.82) is 0 Å². The van der Waals surface area contributed by atoms with E-state index in [-0.39, 0.29) is 21.8 Å². The van der Waals surface area contributed by atoms with Crippen LogP contribution >= 0.6 is 12.2 Å². The van der Waals surface area contributed by atoms with Crippen molar-refractivity contribution in [3.63, 3.8) is 0 Å². The number of rotatable bonds is 5. The van der Waals surface area contributed by atoms with Crippen LogP contribution in [-0.4, -0.2) is 25.6 Å². The zero-order valence-electron chi connectivity index (χ0n) is 16.3. The van der Waals surface area contributed by atoms with Gasteiger partial charge in [-0.2, -0.15) is 4.68 Å². The molecule has 2 heterocycles. The van der Waals surface area contributed by atoms with Crippen molar-refractivity contribution in [2.24, 2.45) is 5.10 Å². The molecule has 10 nitrogen and oxygen atoms in total. The summed E-state index contributed by atoms with van der Waals surface area (Å²) in [5, 5.41) is 19.2. The largest absolute Gasteiger partial charge is 0.414 e. The van der Waals surface area contributed by atoms with Gasteiger partial charge >= 0.3 is 0 Å². The maximum absolute atomic E-state index is 13.0. The Kier molecular flexibility index (Phi) is 5.90. The highest BCUT2D eigenvalue weighted by Crippen LogP contribution is 2.16. The summed E-state index contributed by atoms with van der Waals surface area (Å²) in [6.45, 7) is 0. The van der Waals surface area contributed by atoms with Crippen LogP contribution in [0.5, 0.6) is 0 Å². The van der Waals surface area contributed by atoms with E-state index in [0.29, 0.717) is 16.8 Å². The Morgan fingerprint density at radius 3 is 2.50 bits per heavy atom. The maximum Gasteiger partial charge on any atom is 0.279 e. The standard InChI is InChI=1S/C21H14N6O4S/c28-20(14-5-2-1-3-6-14)26-21(32)19(31-18(25-26)15-7-4-12-22-13-15)24-23-16-8-10-17(11-9-16)27(29)30/h1-13,23H/b24-19+. The van der Waals surface area contributed by atoms with Gasteiger partial charge in [-0.3, -0.25) is 25.3 Å². The molecule has 0 aliphatic rings. The fourth-order valence-corrected chi connectivity index (χ4v) is 2.88. The van der Waals surface area contributed by atoms with E-state index in [4.69, 9.17) is 16.6 Å². The highest BCUT2D eigenvalue weighted by molar-refractivity contribution is 7.71. The lowest BCUT2D eigenvalue weighted by Gasteiger charge is -2.07. The molecule has 0 amide bonds. The van der Waals surface area contributed by atoms with Gasteiger partial charge in [0.25, 0.3) is 17.1 Å². The zero-order chi connectivity index (χ0) is 22.5. The van der Waals surface area contributed by atoms with Crippen molar-refractivity contribution in [2.75, 3.05) is 5.43 Å². The van der Waals surface area contributed by atoms with Gasteiger partial charge in [0.1, 0.15) is 0 Å². The van der Waals surface area contributed by atoms with Gasteiger partial charge in [0.15, 0.2) is 4.64 Å². The van der Waals surface area contributed by atoms with E-state index in [9.17, 15) is 14.9 Å². The van der Waals surface area contributed by atoms with Crippen LogP contribution in [0.2, 0.25) is 0 Å². The fraction of sp³-hybridized carbons (Fsp3) is 0. The summed E-state index contributed by atoms with van der Waals surface area (Å²) in [5.74, 6) is -0.372. The Labute approximate surface area is 185 Å². The highest BCUT2D eigenvalue weighted by atomic mass is 32.1. The third-order valence-electron chi connectivity index (χ3n) is 4.25. The van der Waals surface area contributed by atoms with E-state index in [2.05, 4.69) is 20.6 Å². The smallest absolute Gasteiger partial charge is 0.279 e.